The van der Waals surface area contributed by atoms with Crippen molar-refractivity contribution in [3.8, 4) is 0 Å². The van der Waals surface area contributed by atoms with Crippen LogP contribution in [0.15, 0.2) is 48.8 Å². The van der Waals surface area contributed by atoms with Gasteiger partial charge in [-0.2, -0.15) is 0 Å². The maximum absolute atomic E-state index is 12.5. The number of benzene rings is 1. The molecule has 26 heavy (non-hydrogen) atoms. The highest BCUT2D eigenvalue weighted by Gasteiger charge is 2.27. The van der Waals surface area contributed by atoms with Gasteiger partial charge in [-0.15, -0.1) is 0 Å². The fourth-order valence-corrected chi connectivity index (χ4v) is 4.02. The van der Waals surface area contributed by atoms with E-state index in [2.05, 4.69) is 15.0 Å². The van der Waals surface area contributed by atoms with Gasteiger partial charge in [-0.1, -0.05) is 49.7 Å². The predicted molar refractivity (Wildman–Crippen MR) is 102 cm³/mol. The molecule has 0 fully saturated rings. The minimum atomic E-state index is -3.65. The summed E-state index contributed by atoms with van der Waals surface area (Å²) < 4.78 is 27.5. The van der Waals surface area contributed by atoms with Gasteiger partial charge in [-0.25, -0.2) is 13.1 Å². The molecule has 0 unspecified atom stereocenters. The maximum Gasteiger partial charge on any atom is 0.238 e. The number of nitrogens with one attached hydrogen (secondary N) is 2. The van der Waals surface area contributed by atoms with Crippen LogP contribution in [0.3, 0.4) is 0 Å². The van der Waals surface area contributed by atoms with Crippen LogP contribution in [0.4, 0.5) is 0 Å². The molecule has 0 spiro atoms. The van der Waals surface area contributed by atoms with Crippen molar-refractivity contribution in [2.75, 3.05) is 0 Å². The third kappa shape index (κ3) is 6.24. The summed E-state index contributed by atoms with van der Waals surface area (Å²) in [5, 5.41) is 2.77. The van der Waals surface area contributed by atoms with Crippen LogP contribution in [0, 0.1) is 12.8 Å². The molecular formula is C19H25N3O3S. The molecule has 6 nitrogen and oxygen atoms in total. The van der Waals surface area contributed by atoms with Gasteiger partial charge in [-0.05, 0) is 30.0 Å². The lowest BCUT2D eigenvalue weighted by Gasteiger charge is -2.21. The van der Waals surface area contributed by atoms with E-state index < -0.39 is 16.1 Å². The van der Waals surface area contributed by atoms with E-state index in [1.165, 1.54) is 0 Å². The van der Waals surface area contributed by atoms with E-state index in [4.69, 9.17) is 0 Å². The Morgan fingerprint density at radius 2 is 1.88 bits per heavy atom. The molecule has 1 aromatic carbocycles. The second-order valence-electron chi connectivity index (χ2n) is 6.67. The zero-order valence-corrected chi connectivity index (χ0v) is 16.1. The number of aromatic nitrogens is 1. The van der Waals surface area contributed by atoms with Gasteiger partial charge in [0.1, 0.15) is 6.04 Å². The highest BCUT2D eigenvalue weighted by molar-refractivity contribution is 7.88. The molecule has 1 atom stereocenters. The summed E-state index contributed by atoms with van der Waals surface area (Å²) in [6.45, 7) is 5.83. The Labute approximate surface area is 155 Å². The topological polar surface area (TPSA) is 88.2 Å². The van der Waals surface area contributed by atoms with Crippen LogP contribution in [-0.2, 0) is 27.1 Å². The summed E-state index contributed by atoms with van der Waals surface area (Å²) in [5.74, 6) is -0.693. The molecule has 0 bridgehead atoms. The molecule has 1 aromatic heterocycles. The molecule has 2 aromatic rings. The van der Waals surface area contributed by atoms with Gasteiger partial charge in [0.2, 0.25) is 15.9 Å². The molecule has 1 amide bonds. The molecule has 0 saturated heterocycles. The van der Waals surface area contributed by atoms with Crippen molar-refractivity contribution < 1.29 is 13.2 Å². The number of aryl methyl sites for hydroxylation is 1. The van der Waals surface area contributed by atoms with Crippen LogP contribution in [0.1, 0.15) is 30.5 Å². The van der Waals surface area contributed by atoms with Crippen molar-refractivity contribution in [2.24, 2.45) is 5.92 Å². The summed E-state index contributed by atoms with van der Waals surface area (Å²) in [5.41, 5.74) is 2.54. The normalized spacial score (nSPS) is 12.8. The van der Waals surface area contributed by atoms with Gasteiger partial charge in [0.05, 0.1) is 5.75 Å². The van der Waals surface area contributed by atoms with Gasteiger partial charge in [-0.3, -0.25) is 9.78 Å². The lowest BCUT2D eigenvalue weighted by atomic mass is 10.0. The Hall–Kier alpha value is -2.25. The molecule has 0 aliphatic rings. The number of rotatable bonds is 8. The van der Waals surface area contributed by atoms with E-state index in [0.29, 0.717) is 12.1 Å². The molecule has 1 heterocycles. The summed E-state index contributed by atoms with van der Waals surface area (Å²) in [6.07, 6.45) is 3.31. The molecule has 2 N–H and O–H groups in total. The van der Waals surface area contributed by atoms with Crippen molar-refractivity contribution >= 4 is 15.9 Å². The Bertz CT molecular complexity index is 836. The average Bonchev–Trinajstić information content (AvgIpc) is 2.58. The summed E-state index contributed by atoms with van der Waals surface area (Å²) in [6, 6.07) is 10.1. The molecule has 0 radical (unpaired) electrons. The predicted octanol–water partition coefficient (Wildman–Crippen LogP) is 2.15. The zero-order valence-electron chi connectivity index (χ0n) is 15.3. The number of pyridine rings is 1. The van der Waals surface area contributed by atoms with Crippen molar-refractivity contribution in [1.29, 1.82) is 0 Å². The molecule has 7 heteroatoms. The van der Waals surface area contributed by atoms with Crippen molar-refractivity contribution in [3.63, 3.8) is 0 Å². The van der Waals surface area contributed by atoms with Crippen LogP contribution >= 0.6 is 0 Å². The number of sulfonamides is 1. The molecule has 0 aliphatic carbocycles. The second kappa shape index (κ2) is 8.91. The summed E-state index contributed by atoms with van der Waals surface area (Å²) in [7, 11) is -3.65. The van der Waals surface area contributed by atoms with Gasteiger partial charge >= 0.3 is 0 Å². The molecule has 2 rings (SSSR count). The van der Waals surface area contributed by atoms with Crippen LogP contribution < -0.4 is 10.0 Å². The minimum Gasteiger partial charge on any atom is -0.351 e. The first kappa shape index (κ1) is 20.1. The number of nitrogens with zero attached hydrogens (tertiary/aromatic N) is 1. The molecule has 140 valence electrons. The van der Waals surface area contributed by atoms with Crippen LogP contribution in [0.5, 0.6) is 0 Å². The fourth-order valence-electron chi connectivity index (χ4n) is 2.55. The summed E-state index contributed by atoms with van der Waals surface area (Å²) in [4.78, 5) is 16.5. The smallest absolute Gasteiger partial charge is 0.238 e. The SMILES string of the molecule is Cc1cccc(CS(=O)(=O)N[C@H](C(=O)NCc2cccnc2)C(C)C)c1. The van der Waals surface area contributed by atoms with E-state index in [0.717, 1.165) is 11.1 Å². The lowest BCUT2D eigenvalue weighted by Crippen LogP contribution is -2.49. The van der Waals surface area contributed by atoms with Crippen molar-refractivity contribution in [2.45, 2.75) is 39.1 Å². The van der Waals surface area contributed by atoms with Gasteiger partial charge in [0.15, 0.2) is 0 Å². The van der Waals surface area contributed by atoms with Crippen LogP contribution in [-0.4, -0.2) is 25.4 Å². The average molecular weight is 375 g/mol. The van der Waals surface area contributed by atoms with Crippen LogP contribution in [0.2, 0.25) is 0 Å². The monoisotopic (exact) mass is 375 g/mol. The van der Waals surface area contributed by atoms with E-state index in [-0.39, 0.29) is 17.6 Å². The number of hydrogen-bond donors (Lipinski definition) is 2. The quantitative estimate of drug-likeness (QED) is 0.740. The largest absolute Gasteiger partial charge is 0.351 e. The van der Waals surface area contributed by atoms with E-state index >= 15 is 0 Å². The van der Waals surface area contributed by atoms with E-state index in [1.807, 2.05) is 45.0 Å². The highest BCUT2D eigenvalue weighted by Crippen LogP contribution is 2.11. The van der Waals surface area contributed by atoms with Gasteiger partial charge < -0.3 is 5.32 Å². The van der Waals surface area contributed by atoms with Crippen molar-refractivity contribution in [1.82, 2.24) is 15.0 Å². The lowest BCUT2D eigenvalue weighted by molar-refractivity contribution is -0.123. The molecular weight excluding hydrogens is 350 g/mol. The Balaban J connectivity index is 2.02. The summed E-state index contributed by atoms with van der Waals surface area (Å²) >= 11 is 0. The third-order valence-electron chi connectivity index (χ3n) is 3.88. The van der Waals surface area contributed by atoms with Crippen molar-refractivity contribution in [3.05, 3.63) is 65.5 Å². The number of carbonyl (C=O) groups is 1. The van der Waals surface area contributed by atoms with E-state index in [1.54, 1.807) is 24.5 Å². The molecule has 0 saturated carbocycles. The van der Waals surface area contributed by atoms with E-state index in [9.17, 15) is 13.2 Å². The van der Waals surface area contributed by atoms with Gasteiger partial charge in [0.25, 0.3) is 0 Å². The first-order valence-corrected chi connectivity index (χ1v) is 10.1. The number of carbonyl (C=O) groups excluding carboxylic acids is 1. The van der Waals surface area contributed by atoms with Crippen LogP contribution in [0.25, 0.3) is 0 Å². The first-order chi connectivity index (χ1) is 12.3. The second-order valence-corrected chi connectivity index (χ2v) is 8.42. The Morgan fingerprint density at radius 3 is 2.50 bits per heavy atom. The Morgan fingerprint density at radius 1 is 1.15 bits per heavy atom. The number of amides is 1. The van der Waals surface area contributed by atoms with Gasteiger partial charge in [0, 0.05) is 18.9 Å². The highest BCUT2D eigenvalue weighted by atomic mass is 32.2. The third-order valence-corrected chi connectivity index (χ3v) is 5.21. The fraction of sp³-hybridized carbons (Fsp3) is 0.368. The number of hydrogen-bond acceptors (Lipinski definition) is 4. The maximum atomic E-state index is 12.5. The standard InChI is InChI=1S/C19H25N3O3S/c1-14(2)18(19(23)21-12-17-8-5-9-20-11-17)22-26(24,25)13-16-7-4-6-15(3)10-16/h4-11,14,18,22H,12-13H2,1-3H3,(H,21,23)/t18-/m0/s1. The Kier molecular flexibility index (Phi) is 6.88. The zero-order chi connectivity index (χ0) is 19.2. The molecule has 0 aliphatic heterocycles. The minimum absolute atomic E-state index is 0.159. The first-order valence-electron chi connectivity index (χ1n) is 8.49.